The molecule has 0 radical (unpaired) electrons. The number of ether oxygens (including phenoxy) is 1. The summed E-state index contributed by atoms with van der Waals surface area (Å²) in [7, 11) is 0. The maximum Gasteiger partial charge on any atom is 0.230 e. The fraction of sp³-hybridized carbons (Fsp3) is 0.200. The van der Waals surface area contributed by atoms with Gasteiger partial charge in [-0.25, -0.2) is 4.98 Å². The fourth-order valence-corrected chi connectivity index (χ4v) is 2.23. The molecule has 0 bridgehead atoms. The molecule has 1 aromatic carbocycles. The van der Waals surface area contributed by atoms with Gasteiger partial charge in [0.25, 0.3) is 0 Å². The quantitative estimate of drug-likeness (QED) is 0.860. The molecule has 1 heterocycles. The van der Waals surface area contributed by atoms with E-state index in [1.54, 1.807) is 24.3 Å². The van der Waals surface area contributed by atoms with E-state index in [0.29, 0.717) is 5.75 Å². The van der Waals surface area contributed by atoms with Gasteiger partial charge in [-0.15, -0.1) is 17.8 Å². The van der Waals surface area contributed by atoms with Crippen LogP contribution in [0.25, 0.3) is 0 Å². The molecule has 0 spiro atoms. The molecular weight excluding hydrogens is 272 g/mol. The molecule has 2 aromatic rings. The Morgan fingerprint density at radius 1 is 1.45 bits per heavy atom. The molecule has 2 rings (SSSR count). The number of nitrogens with one attached hydrogen (secondary N) is 1. The zero-order valence-electron chi connectivity index (χ0n) is 11.1. The molecule has 0 aliphatic carbocycles. The number of carbonyl (C=O) groups excluding carboxylic acids is 1. The monoisotopic (exact) mass is 286 g/mol. The van der Waals surface area contributed by atoms with Gasteiger partial charge in [0.15, 0.2) is 0 Å². The van der Waals surface area contributed by atoms with Crippen molar-refractivity contribution in [1.29, 1.82) is 0 Å². The van der Waals surface area contributed by atoms with Gasteiger partial charge in [0.2, 0.25) is 5.91 Å². The van der Waals surface area contributed by atoms with Crippen LogP contribution in [-0.4, -0.2) is 17.5 Å². The van der Waals surface area contributed by atoms with Crippen LogP contribution in [0.2, 0.25) is 0 Å². The van der Waals surface area contributed by atoms with E-state index in [4.69, 9.17) is 11.2 Å². The van der Waals surface area contributed by atoms with Gasteiger partial charge in [0, 0.05) is 11.1 Å². The summed E-state index contributed by atoms with van der Waals surface area (Å²) in [6.45, 7) is 2.15. The Balaban J connectivity index is 1.89. The Morgan fingerprint density at radius 2 is 2.20 bits per heavy atom. The summed E-state index contributed by atoms with van der Waals surface area (Å²) in [4.78, 5) is 16.1. The number of anilines is 1. The highest BCUT2D eigenvalue weighted by Gasteiger charge is 2.06. The Bertz CT molecular complexity index is 626. The highest BCUT2D eigenvalue weighted by molar-refractivity contribution is 7.09. The largest absolute Gasteiger partial charge is 0.481 e. The minimum Gasteiger partial charge on any atom is -0.481 e. The molecule has 0 aliphatic rings. The lowest BCUT2D eigenvalue weighted by atomic mass is 10.2. The minimum absolute atomic E-state index is 0.0902. The lowest BCUT2D eigenvalue weighted by molar-refractivity contribution is -0.115. The summed E-state index contributed by atoms with van der Waals surface area (Å²) in [5.74, 6) is 2.98. The van der Waals surface area contributed by atoms with Crippen molar-refractivity contribution in [2.24, 2.45) is 0 Å². The number of thiazole rings is 1. The number of amides is 1. The van der Waals surface area contributed by atoms with Crippen LogP contribution in [0.1, 0.15) is 10.7 Å². The molecule has 5 heteroatoms. The molecule has 4 nitrogen and oxygen atoms in total. The highest BCUT2D eigenvalue weighted by atomic mass is 32.1. The average Bonchev–Trinajstić information content (AvgIpc) is 2.83. The molecule has 1 N–H and O–H groups in total. The molecule has 1 amide bonds. The number of aryl methyl sites for hydroxylation is 1. The molecule has 0 unspecified atom stereocenters. The van der Waals surface area contributed by atoms with Crippen LogP contribution in [0.15, 0.2) is 29.6 Å². The highest BCUT2D eigenvalue weighted by Crippen LogP contribution is 2.16. The summed E-state index contributed by atoms with van der Waals surface area (Å²) in [5, 5.41) is 5.67. The second-order valence-electron chi connectivity index (χ2n) is 4.10. The fourth-order valence-electron chi connectivity index (χ4n) is 1.62. The van der Waals surface area contributed by atoms with Gasteiger partial charge in [-0.2, -0.15) is 0 Å². The van der Waals surface area contributed by atoms with Crippen molar-refractivity contribution in [3.05, 3.63) is 40.3 Å². The van der Waals surface area contributed by atoms with Crippen LogP contribution in [0.4, 0.5) is 5.69 Å². The third kappa shape index (κ3) is 4.11. The molecule has 0 aliphatic heterocycles. The van der Waals surface area contributed by atoms with Crippen molar-refractivity contribution in [3.63, 3.8) is 0 Å². The van der Waals surface area contributed by atoms with E-state index in [1.165, 1.54) is 11.3 Å². The van der Waals surface area contributed by atoms with Crippen molar-refractivity contribution in [2.45, 2.75) is 13.3 Å². The molecule has 1 aromatic heterocycles. The minimum atomic E-state index is -0.0902. The summed E-state index contributed by atoms with van der Waals surface area (Å²) in [5.41, 5.74) is 1.51. The van der Waals surface area contributed by atoms with Gasteiger partial charge >= 0.3 is 0 Å². The standard InChI is InChI=1S/C15H14N2O2S/c1-3-8-19-14-6-4-12(5-7-14)17-15(18)9-13-10-20-11(2)16-13/h1,4-7,10H,8-9H2,2H3,(H,17,18). The van der Waals surface area contributed by atoms with Crippen molar-refractivity contribution < 1.29 is 9.53 Å². The van der Waals surface area contributed by atoms with Gasteiger partial charge in [0.05, 0.1) is 17.1 Å². The van der Waals surface area contributed by atoms with E-state index in [2.05, 4.69) is 16.2 Å². The smallest absolute Gasteiger partial charge is 0.230 e. The number of carbonyl (C=O) groups is 1. The van der Waals surface area contributed by atoms with E-state index in [-0.39, 0.29) is 18.9 Å². The number of rotatable bonds is 5. The number of aromatic nitrogens is 1. The van der Waals surface area contributed by atoms with Crippen LogP contribution in [0, 0.1) is 19.3 Å². The van der Waals surface area contributed by atoms with Gasteiger partial charge in [-0.3, -0.25) is 4.79 Å². The van der Waals surface area contributed by atoms with E-state index in [1.807, 2.05) is 12.3 Å². The Hall–Kier alpha value is -2.32. The number of hydrogen-bond donors (Lipinski definition) is 1. The average molecular weight is 286 g/mol. The van der Waals surface area contributed by atoms with Crippen LogP contribution < -0.4 is 10.1 Å². The summed E-state index contributed by atoms with van der Waals surface area (Å²) >= 11 is 1.54. The second kappa shape index (κ2) is 6.73. The molecule has 0 fully saturated rings. The maximum atomic E-state index is 11.8. The SMILES string of the molecule is C#CCOc1ccc(NC(=O)Cc2csc(C)n2)cc1. The Kier molecular flexibility index (Phi) is 4.75. The summed E-state index contributed by atoms with van der Waals surface area (Å²) in [6.07, 6.45) is 5.39. The topological polar surface area (TPSA) is 51.2 Å². The van der Waals surface area contributed by atoms with Crippen LogP contribution >= 0.6 is 11.3 Å². The van der Waals surface area contributed by atoms with Crippen LogP contribution in [0.3, 0.4) is 0 Å². The number of nitrogens with zero attached hydrogens (tertiary/aromatic N) is 1. The molecular formula is C15H14N2O2S. The van der Waals surface area contributed by atoms with Gasteiger partial charge in [-0.1, -0.05) is 5.92 Å². The van der Waals surface area contributed by atoms with Crippen molar-refractivity contribution in [1.82, 2.24) is 4.98 Å². The Labute approximate surface area is 121 Å². The van der Waals surface area contributed by atoms with E-state index < -0.39 is 0 Å². The number of hydrogen-bond acceptors (Lipinski definition) is 4. The first kappa shape index (κ1) is 14.1. The first-order chi connectivity index (χ1) is 9.67. The van der Waals surface area contributed by atoms with Gasteiger partial charge < -0.3 is 10.1 Å². The van der Waals surface area contributed by atoms with Crippen LogP contribution in [0.5, 0.6) is 5.75 Å². The third-order valence-corrected chi connectivity index (χ3v) is 3.29. The van der Waals surface area contributed by atoms with Crippen molar-refractivity contribution >= 4 is 22.9 Å². The molecule has 20 heavy (non-hydrogen) atoms. The molecule has 102 valence electrons. The predicted molar refractivity (Wildman–Crippen MR) is 80.0 cm³/mol. The lowest BCUT2D eigenvalue weighted by Crippen LogP contribution is -2.14. The Morgan fingerprint density at radius 3 is 2.80 bits per heavy atom. The van der Waals surface area contributed by atoms with Crippen LogP contribution in [-0.2, 0) is 11.2 Å². The normalized spacial score (nSPS) is 9.80. The third-order valence-electron chi connectivity index (χ3n) is 2.47. The lowest BCUT2D eigenvalue weighted by Gasteiger charge is -2.06. The van der Waals surface area contributed by atoms with Crippen molar-refractivity contribution in [3.8, 4) is 18.1 Å². The molecule has 0 saturated carbocycles. The first-order valence-corrected chi connectivity index (χ1v) is 6.92. The number of benzene rings is 1. The van der Waals surface area contributed by atoms with Gasteiger partial charge in [0.1, 0.15) is 12.4 Å². The summed E-state index contributed by atoms with van der Waals surface area (Å²) in [6, 6.07) is 7.08. The predicted octanol–water partition coefficient (Wildman–Crippen LogP) is 2.64. The zero-order valence-corrected chi connectivity index (χ0v) is 11.9. The first-order valence-electron chi connectivity index (χ1n) is 6.04. The molecule has 0 saturated heterocycles. The number of terminal acetylenes is 1. The van der Waals surface area contributed by atoms with E-state index >= 15 is 0 Å². The van der Waals surface area contributed by atoms with Crippen molar-refractivity contribution in [2.75, 3.05) is 11.9 Å². The van der Waals surface area contributed by atoms with E-state index in [0.717, 1.165) is 16.4 Å². The second-order valence-corrected chi connectivity index (χ2v) is 5.16. The zero-order chi connectivity index (χ0) is 14.4. The maximum absolute atomic E-state index is 11.8. The van der Waals surface area contributed by atoms with Gasteiger partial charge in [-0.05, 0) is 31.2 Å². The molecule has 0 atom stereocenters. The summed E-state index contributed by atoms with van der Waals surface area (Å²) < 4.78 is 5.26. The van der Waals surface area contributed by atoms with E-state index in [9.17, 15) is 4.79 Å².